The Morgan fingerprint density at radius 3 is 2.68 bits per heavy atom. The number of phenolic OH excluding ortho intramolecular Hbond substituents is 1. The van der Waals surface area contributed by atoms with Crippen LogP contribution in [-0.4, -0.2) is 28.8 Å². The number of nitrogens with one attached hydrogen (secondary N) is 2. The summed E-state index contributed by atoms with van der Waals surface area (Å²) in [6, 6.07) is 20.4. The molecule has 0 aliphatic carbocycles. The Bertz CT molecular complexity index is 1310. The van der Waals surface area contributed by atoms with Crippen LogP contribution in [0.3, 0.4) is 0 Å². The standard InChI is InChI=1S/C25H21BrN4O3S/c1-2-33-22-13-16(12-20(26)23(22)31)14-27-30-24(32)18-8-10-19(11-9-18)28-25-29-21(15-34-25)17-6-4-3-5-7-17/h3-15,31H,2H2,1H3,(H,28,29)(H,30,32)/b27-14-. The third-order valence-corrected chi connectivity index (χ3v) is 6.06. The summed E-state index contributed by atoms with van der Waals surface area (Å²) in [5, 5.41) is 20.0. The number of hydrogen-bond acceptors (Lipinski definition) is 7. The van der Waals surface area contributed by atoms with Crippen molar-refractivity contribution < 1.29 is 14.6 Å². The van der Waals surface area contributed by atoms with Crippen molar-refractivity contribution in [3.8, 4) is 22.8 Å². The second-order valence-corrected chi connectivity index (χ2v) is 8.80. The molecule has 1 amide bonds. The zero-order valence-electron chi connectivity index (χ0n) is 18.2. The van der Waals surface area contributed by atoms with Gasteiger partial charge in [0.2, 0.25) is 0 Å². The van der Waals surface area contributed by atoms with E-state index in [1.165, 1.54) is 17.6 Å². The van der Waals surface area contributed by atoms with Crippen LogP contribution in [0.1, 0.15) is 22.8 Å². The van der Waals surface area contributed by atoms with Crippen molar-refractivity contribution in [2.45, 2.75) is 6.92 Å². The lowest BCUT2D eigenvalue weighted by molar-refractivity contribution is 0.0955. The predicted molar refractivity (Wildman–Crippen MR) is 139 cm³/mol. The molecule has 7 nitrogen and oxygen atoms in total. The number of hydrogen-bond donors (Lipinski definition) is 3. The molecule has 0 fully saturated rings. The second kappa shape index (κ2) is 11.0. The molecule has 1 heterocycles. The number of ether oxygens (including phenoxy) is 1. The molecule has 34 heavy (non-hydrogen) atoms. The van der Waals surface area contributed by atoms with E-state index in [-0.39, 0.29) is 11.7 Å². The maximum absolute atomic E-state index is 12.4. The Morgan fingerprint density at radius 1 is 1.18 bits per heavy atom. The summed E-state index contributed by atoms with van der Waals surface area (Å²) in [7, 11) is 0. The summed E-state index contributed by atoms with van der Waals surface area (Å²) in [5.74, 6) is 0.0147. The number of amides is 1. The monoisotopic (exact) mass is 536 g/mol. The largest absolute Gasteiger partial charge is 0.503 e. The SMILES string of the molecule is CCOc1cc(/C=N\NC(=O)c2ccc(Nc3nc(-c4ccccc4)cs3)cc2)cc(Br)c1O. The molecule has 0 radical (unpaired) electrons. The number of aromatic hydroxyl groups is 1. The Balaban J connectivity index is 1.36. The van der Waals surface area contributed by atoms with Gasteiger partial charge in [-0.25, -0.2) is 10.4 Å². The van der Waals surface area contributed by atoms with Gasteiger partial charge in [-0.2, -0.15) is 5.10 Å². The Morgan fingerprint density at radius 2 is 1.94 bits per heavy atom. The smallest absolute Gasteiger partial charge is 0.271 e. The lowest BCUT2D eigenvalue weighted by Crippen LogP contribution is -2.17. The fraction of sp³-hybridized carbons (Fsp3) is 0.0800. The van der Waals surface area contributed by atoms with E-state index in [0.29, 0.717) is 28.0 Å². The van der Waals surface area contributed by atoms with E-state index >= 15 is 0 Å². The van der Waals surface area contributed by atoms with Crippen molar-refractivity contribution in [1.29, 1.82) is 0 Å². The van der Waals surface area contributed by atoms with Gasteiger partial charge in [0.1, 0.15) is 0 Å². The predicted octanol–water partition coefficient (Wildman–Crippen LogP) is 6.18. The van der Waals surface area contributed by atoms with Crippen molar-refractivity contribution in [3.05, 3.63) is 87.7 Å². The molecule has 4 aromatic rings. The molecule has 3 aromatic carbocycles. The Hall–Kier alpha value is -3.69. The molecule has 4 rings (SSSR count). The van der Waals surface area contributed by atoms with Gasteiger partial charge in [0.25, 0.3) is 5.91 Å². The van der Waals surface area contributed by atoms with Gasteiger partial charge in [0.05, 0.1) is 23.0 Å². The maximum atomic E-state index is 12.4. The van der Waals surface area contributed by atoms with E-state index in [9.17, 15) is 9.90 Å². The third kappa shape index (κ3) is 5.81. The fourth-order valence-corrected chi connectivity index (χ4v) is 4.26. The van der Waals surface area contributed by atoms with Crippen molar-refractivity contribution in [1.82, 2.24) is 10.4 Å². The van der Waals surface area contributed by atoms with Crippen LogP contribution in [0.5, 0.6) is 11.5 Å². The Labute approximate surface area is 209 Å². The number of halogens is 1. The molecule has 0 aliphatic heterocycles. The first-order chi connectivity index (χ1) is 16.5. The first kappa shape index (κ1) is 23.5. The highest BCUT2D eigenvalue weighted by atomic mass is 79.9. The van der Waals surface area contributed by atoms with Crippen LogP contribution in [0.25, 0.3) is 11.3 Å². The average molecular weight is 537 g/mol. The highest BCUT2D eigenvalue weighted by Gasteiger charge is 2.09. The lowest BCUT2D eigenvalue weighted by atomic mass is 10.2. The minimum Gasteiger partial charge on any atom is -0.503 e. The molecule has 9 heteroatoms. The van der Waals surface area contributed by atoms with Gasteiger partial charge in [-0.05, 0) is 64.8 Å². The molecule has 3 N–H and O–H groups in total. The van der Waals surface area contributed by atoms with Crippen molar-refractivity contribution >= 4 is 50.2 Å². The summed E-state index contributed by atoms with van der Waals surface area (Å²) in [5.41, 5.74) is 6.43. The number of carbonyl (C=O) groups excluding carboxylic acids is 1. The fourth-order valence-electron chi connectivity index (χ4n) is 3.06. The van der Waals surface area contributed by atoms with Crippen molar-refractivity contribution in [2.24, 2.45) is 5.10 Å². The van der Waals surface area contributed by atoms with Gasteiger partial charge >= 0.3 is 0 Å². The average Bonchev–Trinajstić information content (AvgIpc) is 3.32. The van der Waals surface area contributed by atoms with Crippen LogP contribution in [0.4, 0.5) is 10.8 Å². The third-order valence-electron chi connectivity index (χ3n) is 4.70. The summed E-state index contributed by atoms with van der Waals surface area (Å²) >= 11 is 4.80. The van der Waals surface area contributed by atoms with E-state index in [2.05, 4.69) is 36.8 Å². The van der Waals surface area contributed by atoms with E-state index in [0.717, 1.165) is 22.1 Å². The molecule has 0 atom stereocenters. The van der Waals surface area contributed by atoms with Crippen LogP contribution >= 0.6 is 27.3 Å². The topological polar surface area (TPSA) is 95.8 Å². The molecular weight excluding hydrogens is 516 g/mol. The number of nitrogens with zero attached hydrogens (tertiary/aromatic N) is 2. The quantitative estimate of drug-likeness (QED) is 0.184. The highest BCUT2D eigenvalue weighted by Crippen LogP contribution is 2.35. The molecule has 1 aromatic heterocycles. The number of benzene rings is 3. The molecule has 0 spiro atoms. The lowest BCUT2D eigenvalue weighted by Gasteiger charge is -2.08. The summed E-state index contributed by atoms with van der Waals surface area (Å²) < 4.78 is 5.87. The number of hydrazone groups is 1. The first-order valence-electron chi connectivity index (χ1n) is 10.4. The molecule has 0 saturated heterocycles. The van der Waals surface area contributed by atoms with Crippen LogP contribution < -0.4 is 15.5 Å². The molecule has 0 unspecified atom stereocenters. The summed E-state index contributed by atoms with van der Waals surface area (Å²) in [6.45, 7) is 2.24. The van der Waals surface area contributed by atoms with Crippen LogP contribution in [0.15, 0.2) is 81.7 Å². The minimum absolute atomic E-state index is 0.0192. The van der Waals surface area contributed by atoms with Crippen molar-refractivity contribution in [2.75, 3.05) is 11.9 Å². The van der Waals surface area contributed by atoms with Crippen LogP contribution in [-0.2, 0) is 0 Å². The van der Waals surface area contributed by atoms with E-state index in [1.54, 1.807) is 24.3 Å². The van der Waals surface area contributed by atoms with E-state index < -0.39 is 0 Å². The van der Waals surface area contributed by atoms with Crippen LogP contribution in [0, 0.1) is 0 Å². The highest BCUT2D eigenvalue weighted by molar-refractivity contribution is 9.10. The first-order valence-corrected chi connectivity index (χ1v) is 12.1. The molecule has 172 valence electrons. The van der Waals surface area contributed by atoms with E-state index in [1.807, 2.05) is 54.8 Å². The van der Waals surface area contributed by atoms with Crippen LogP contribution in [0.2, 0.25) is 0 Å². The molecule has 0 bridgehead atoms. The summed E-state index contributed by atoms with van der Waals surface area (Å²) in [6.07, 6.45) is 1.48. The number of anilines is 2. The van der Waals surface area contributed by atoms with E-state index in [4.69, 9.17) is 4.74 Å². The van der Waals surface area contributed by atoms with Crippen molar-refractivity contribution in [3.63, 3.8) is 0 Å². The molecular formula is C25H21BrN4O3S. The Kier molecular flexibility index (Phi) is 7.56. The molecule has 0 saturated carbocycles. The maximum Gasteiger partial charge on any atom is 0.271 e. The number of phenols is 1. The minimum atomic E-state index is -0.341. The number of carbonyl (C=O) groups is 1. The normalized spacial score (nSPS) is 10.9. The summed E-state index contributed by atoms with van der Waals surface area (Å²) in [4.78, 5) is 17.0. The van der Waals surface area contributed by atoms with Gasteiger partial charge in [0, 0.05) is 22.2 Å². The zero-order chi connectivity index (χ0) is 23.9. The number of rotatable bonds is 8. The second-order valence-electron chi connectivity index (χ2n) is 7.09. The van der Waals surface area contributed by atoms with Gasteiger partial charge in [0.15, 0.2) is 16.6 Å². The zero-order valence-corrected chi connectivity index (χ0v) is 20.6. The van der Waals surface area contributed by atoms with Gasteiger partial charge in [-0.3, -0.25) is 4.79 Å². The van der Waals surface area contributed by atoms with Gasteiger partial charge < -0.3 is 15.2 Å². The van der Waals surface area contributed by atoms with Gasteiger partial charge in [-0.15, -0.1) is 11.3 Å². The number of thiazole rings is 1. The molecule has 0 aliphatic rings. The number of aromatic nitrogens is 1. The van der Waals surface area contributed by atoms with Gasteiger partial charge in [-0.1, -0.05) is 30.3 Å².